The van der Waals surface area contributed by atoms with Crippen LogP contribution in [0.5, 0.6) is 5.75 Å². The van der Waals surface area contributed by atoms with Gasteiger partial charge in [0.05, 0.1) is 23.7 Å². The van der Waals surface area contributed by atoms with Crippen LogP contribution in [0.4, 0.5) is 0 Å². The molecule has 0 saturated carbocycles. The van der Waals surface area contributed by atoms with Crippen LogP contribution in [-0.2, 0) is 13.0 Å². The fourth-order valence-electron chi connectivity index (χ4n) is 1.67. The van der Waals surface area contributed by atoms with Crippen molar-refractivity contribution >= 4 is 15.9 Å². The second-order valence-corrected chi connectivity index (χ2v) is 4.58. The lowest BCUT2D eigenvalue weighted by Crippen LogP contribution is -1.96. The lowest BCUT2D eigenvalue weighted by molar-refractivity contribution is 0.379. The number of nitrogens with two attached hydrogens (primary N) is 1. The third-order valence-electron chi connectivity index (χ3n) is 2.60. The average Bonchev–Trinajstić information content (AvgIpc) is 2.86. The van der Waals surface area contributed by atoms with Crippen molar-refractivity contribution in [3.05, 3.63) is 28.1 Å². The number of aryl methyl sites for hydroxylation is 1. The van der Waals surface area contributed by atoms with E-state index in [0.717, 1.165) is 22.0 Å². The maximum Gasteiger partial charge on any atom is 0.240 e. The molecule has 2 rings (SSSR count). The molecule has 18 heavy (non-hydrogen) atoms. The van der Waals surface area contributed by atoms with E-state index >= 15 is 0 Å². The molecule has 96 valence electrons. The van der Waals surface area contributed by atoms with E-state index in [0.29, 0.717) is 17.5 Å². The Morgan fingerprint density at radius 2 is 2.22 bits per heavy atom. The maximum atomic E-state index is 5.46. The molecule has 0 spiro atoms. The summed E-state index contributed by atoms with van der Waals surface area (Å²) in [6.07, 6.45) is 0.914. The first kappa shape index (κ1) is 13.0. The van der Waals surface area contributed by atoms with E-state index in [2.05, 4.69) is 33.0 Å². The zero-order valence-electron chi connectivity index (χ0n) is 10.2. The summed E-state index contributed by atoms with van der Waals surface area (Å²) >= 11 is 3.48. The molecule has 0 saturated heterocycles. The van der Waals surface area contributed by atoms with Crippen LogP contribution >= 0.6 is 15.9 Å². The van der Waals surface area contributed by atoms with E-state index in [9.17, 15) is 0 Å². The molecule has 0 aliphatic carbocycles. The fourth-order valence-corrected chi connectivity index (χ4v) is 2.34. The highest BCUT2D eigenvalue weighted by Gasteiger charge is 2.16. The summed E-state index contributed by atoms with van der Waals surface area (Å²) in [6.45, 7) is 2.31. The van der Waals surface area contributed by atoms with Gasteiger partial charge in [0.15, 0.2) is 0 Å². The van der Waals surface area contributed by atoms with Gasteiger partial charge in [-0.3, -0.25) is 0 Å². The smallest absolute Gasteiger partial charge is 0.240 e. The first-order valence-electron chi connectivity index (χ1n) is 5.59. The molecule has 0 unspecified atom stereocenters. The molecule has 5 nitrogen and oxygen atoms in total. The van der Waals surface area contributed by atoms with E-state index in [1.807, 2.05) is 12.1 Å². The number of hydrogen-bond donors (Lipinski definition) is 1. The highest BCUT2D eigenvalue weighted by atomic mass is 79.9. The number of benzene rings is 1. The topological polar surface area (TPSA) is 74.2 Å². The molecule has 6 heteroatoms. The maximum absolute atomic E-state index is 5.46. The molecule has 0 bridgehead atoms. The Kier molecular flexibility index (Phi) is 3.98. The number of ether oxygens (including phenoxy) is 1. The Morgan fingerprint density at radius 3 is 2.78 bits per heavy atom. The number of hydrogen-bond acceptors (Lipinski definition) is 5. The van der Waals surface area contributed by atoms with Gasteiger partial charge in [-0.1, -0.05) is 12.1 Å². The van der Waals surface area contributed by atoms with Gasteiger partial charge in [0, 0.05) is 0 Å². The predicted octanol–water partition coefficient (Wildman–Crippen LogP) is 2.53. The van der Waals surface area contributed by atoms with Crippen LogP contribution in [-0.4, -0.2) is 17.3 Å². The van der Waals surface area contributed by atoms with Crippen LogP contribution in [0.2, 0.25) is 0 Å². The van der Waals surface area contributed by atoms with Crippen molar-refractivity contribution in [2.75, 3.05) is 7.11 Å². The Labute approximate surface area is 113 Å². The third-order valence-corrected chi connectivity index (χ3v) is 3.19. The van der Waals surface area contributed by atoms with Crippen LogP contribution in [0.25, 0.3) is 11.4 Å². The Balaban J connectivity index is 2.56. The second kappa shape index (κ2) is 5.49. The van der Waals surface area contributed by atoms with Gasteiger partial charge in [0.25, 0.3) is 0 Å². The van der Waals surface area contributed by atoms with E-state index in [1.165, 1.54) is 0 Å². The summed E-state index contributed by atoms with van der Waals surface area (Å²) in [6, 6.07) is 4.01. The normalized spacial score (nSPS) is 10.7. The van der Waals surface area contributed by atoms with Crippen molar-refractivity contribution in [3.8, 4) is 17.1 Å². The zero-order valence-corrected chi connectivity index (χ0v) is 11.8. The molecule has 2 N–H and O–H groups in total. The minimum Gasteiger partial charge on any atom is -0.495 e. The fraction of sp³-hybridized carbons (Fsp3) is 0.333. The molecule has 0 aliphatic rings. The van der Waals surface area contributed by atoms with E-state index in [1.54, 1.807) is 7.11 Å². The molecule has 2 aromatic rings. The van der Waals surface area contributed by atoms with Crippen LogP contribution in [0.1, 0.15) is 18.4 Å². The molecule has 1 aromatic carbocycles. The van der Waals surface area contributed by atoms with Crippen LogP contribution in [0.3, 0.4) is 0 Å². The Morgan fingerprint density at radius 1 is 1.44 bits per heavy atom. The average molecular weight is 312 g/mol. The highest BCUT2D eigenvalue weighted by molar-refractivity contribution is 9.10. The number of aromatic nitrogens is 2. The second-order valence-electron chi connectivity index (χ2n) is 3.73. The van der Waals surface area contributed by atoms with Crippen molar-refractivity contribution in [3.63, 3.8) is 0 Å². The van der Waals surface area contributed by atoms with Crippen molar-refractivity contribution in [1.29, 1.82) is 0 Å². The highest BCUT2D eigenvalue weighted by Crippen LogP contribution is 2.36. The van der Waals surface area contributed by atoms with Crippen molar-refractivity contribution in [2.45, 2.75) is 19.9 Å². The van der Waals surface area contributed by atoms with Gasteiger partial charge in [0.2, 0.25) is 11.7 Å². The lowest BCUT2D eigenvalue weighted by Gasteiger charge is -2.09. The minimum atomic E-state index is 0.226. The molecule has 0 radical (unpaired) electrons. The lowest BCUT2D eigenvalue weighted by atomic mass is 10.1. The van der Waals surface area contributed by atoms with Crippen molar-refractivity contribution in [1.82, 2.24) is 10.1 Å². The first-order chi connectivity index (χ1) is 8.69. The van der Waals surface area contributed by atoms with Gasteiger partial charge in [-0.2, -0.15) is 4.98 Å². The molecule has 0 aliphatic heterocycles. The van der Waals surface area contributed by atoms with Crippen LogP contribution in [0.15, 0.2) is 21.1 Å². The monoisotopic (exact) mass is 311 g/mol. The zero-order chi connectivity index (χ0) is 13.1. The molecule has 1 heterocycles. The number of nitrogens with zero attached hydrogens (tertiary/aromatic N) is 2. The molecular weight excluding hydrogens is 298 g/mol. The Bertz CT molecular complexity index is 554. The molecule has 0 atom stereocenters. The predicted molar refractivity (Wildman–Crippen MR) is 71.3 cm³/mol. The van der Waals surface area contributed by atoms with Gasteiger partial charge in [-0.25, -0.2) is 0 Å². The number of methoxy groups -OCH3 is 1. The summed E-state index contributed by atoms with van der Waals surface area (Å²) in [5.41, 5.74) is 7.42. The van der Waals surface area contributed by atoms with Crippen molar-refractivity contribution < 1.29 is 9.26 Å². The quantitative estimate of drug-likeness (QED) is 0.939. The largest absolute Gasteiger partial charge is 0.495 e. The van der Waals surface area contributed by atoms with E-state index in [4.69, 9.17) is 15.0 Å². The van der Waals surface area contributed by atoms with Crippen molar-refractivity contribution in [2.24, 2.45) is 5.73 Å². The summed E-state index contributed by atoms with van der Waals surface area (Å²) in [7, 11) is 1.61. The number of rotatable bonds is 4. The van der Waals surface area contributed by atoms with Crippen LogP contribution < -0.4 is 10.5 Å². The first-order valence-corrected chi connectivity index (χ1v) is 6.38. The van der Waals surface area contributed by atoms with Gasteiger partial charge in [-0.15, -0.1) is 0 Å². The molecule has 0 amide bonds. The van der Waals surface area contributed by atoms with E-state index in [-0.39, 0.29) is 6.54 Å². The van der Waals surface area contributed by atoms with Gasteiger partial charge in [-0.05, 0) is 40.0 Å². The minimum absolute atomic E-state index is 0.226. The van der Waals surface area contributed by atoms with Gasteiger partial charge < -0.3 is 15.0 Å². The summed E-state index contributed by atoms with van der Waals surface area (Å²) < 4.78 is 11.3. The third kappa shape index (κ3) is 2.39. The van der Waals surface area contributed by atoms with Gasteiger partial charge >= 0.3 is 0 Å². The molecular formula is C12H14BrN3O2. The Hall–Kier alpha value is -1.40. The van der Waals surface area contributed by atoms with Gasteiger partial charge in [0.1, 0.15) is 5.75 Å². The SMILES string of the molecule is CCc1cc(Br)c(OC)c(-c2noc(CN)n2)c1. The number of halogens is 1. The summed E-state index contributed by atoms with van der Waals surface area (Å²) in [5, 5.41) is 3.92. The molecule has 1 aromatic heterocycles. The summed E-state index contributed by atoms with van der Waals surface area (Å²) in [5.74, 6) is 1.59. The van der Waals surface area contributed by atoms with E-state index < -0.39 is 0 Å². The van der Waals surface area contributed by atoms with Crippen LogP contribution in [0, 0.1) is 0 Å². The summed E-state index contributed by atoms with van der Waals surface area (Å²) in [4.78, 5) is 4.22. The standard InChI is InChI=1S/C12H14BrN3O2/c1-3-7-4-8(11(17-2)9(13)5-7)12-15-10(6-14)18-16-12/h4-5H,3,6,14H2,1-2H3. The molecule has 0 fully saturated rings.